The van der Waals surface area contributed by atoms with Crippen LogP contribution in [-0.2, 0) is 14.4 Å². The molecule has 0 rings (SSSR count). The molecule has 0 fully saturated rings. The Morgan fingerprint density at radius 1 is 0.821 bits per heavy atom. The molecule has 0 aliphatic heterocycles. The van der Waals surface area contributed by atoms with Crippen molar-refractivity contribution in [1.29, 1.82) is 0 Å². The lowest BCUT2D eigenvalue weighted by molar-refractivity contribution is -0.135. The number of unbranched alkanes of at least 4 members (excludes halogenated alkanes) is 9. The van der Waals surface area contributed by atoms with Crippen molar-refractivity contribution in [2.75, 3.05) is 26.7 Å². The molecule has 0 bridgehead atoms. The molecule has 0 aromatic carbocycles. The fourth-order valence-electron chi connectivity index (χ4n) is 4.04. The van der Waals surface area contributed by atoms with Crippen molar-refractivity contribution in [2.24, 2.45) is 0 Å². The summed E-state index contributed by atoms with van der Waals surface area (Å²) in [6.07, 6.45) is 9.93. The molecular formula is C28H51N3O8. The number of carbonyl (C=O) groups excluding carboxylic acids is 3. The molecule has 0 saturated carbocycles. The third-order valence-corrected chi connectivity index (χ3v) is 6.59. The van der Waals surface area contributed by atoms with Gasteiger partial charge in [0.1, 0.15) is 24.4 Å². The summed E-state index contributed by atoms with van der Waals surface area (Å²) in [6.45, 7) is 0.996. The average Bonchev–Trinajstić information content (AvgIpc) is 2.93. The van der Waals surface area contributed by atoms with Crippen LogP contribution in [0.2, 0.25) is 0 Å². The van der Waals surface area contributed by atoms with Crippen molar-refractivity contribution < 1.29 is 39.9 Å². The van der Waals surface area contributed by atoms with Gasteiger partial charge in [0.15, 0.2) is 0 Å². The second-order valence-corrected chi connectivity index (χ2v) is 10.1. The zero-order valence-electron chi connectivity index (χ0n) is 23.7. The van der Waals surface area contributed by atoms with E-state index in [0.29, 0.717) is 6.42 Å². The standard InChI is InChI=1S/C28H51N3O8/c1-4-6-7-8-9-10-11-12-13-14-15-25(36)30-21(28(39)31(3)18-5-2)16-17-24(35)29-19-22(33)26(37)27(38)23(34)20-32/h2,21-23,26-27,32-34,37-38H,4,6-20H2,1,3H3,(H,29,35)(H,30,36)/t21-,22?,23?,26?,27?/m1/s1. The molecular weight excluding hydrogens is 506 g/mol. The number of carbonyl (C=O) groups is 3. The van der Waals surface area contributed by atoms with Crippen LogP contribution in [0.15, 0.2) is 0 Å². The largest absolute Gasteiger partial charge is 0.394 e. The number of terminal acetylenes is 1. The van der Waals surface area contributed by atoms with Crippen LogP contribution in [0.3, 0.4) is 0 Å². The van der Waals surface area contributed by atoms with Gasteiger partial charge in [-0.05, 0) is 12.8 Å². The Kier molecular flexibility index (Phi) is 21.3. The minimum atomic E-state index is -1.80. The predicted molar refractivity (Wildman–Crippen MR) is 148 cm³/mol. The first-order valence-corrected chi connectivity index (χ1v) is 14.2. The average molecular weight is 558 g/mol. The third-order valence-electron chi connectivity index (χ3n) is 6.59. The van der Waals surface area contributed by atoms with E-state index in [1.165, 1.54) is 50.5 Å². The molecule has 0 saturated heterocycles. The summed E-state index contributed by atoms with van der Waals surface area (Å²) in [4.78, 5) is 38.9. The Bertz CT molecular complexity index is 730. The maximum Gasteiger partial charge on any atom is 0.245 e. The summed E-state index contributed by atoms with van der Waals surface area (Å²) in [5.41, 5.74) is 0. The molecule has 0 heterocycles. The van der Waals surface area contributed by atoms with E-state index < -0.39 is 55.4 Å². The molecule has 0 aromatic heterocycles. The van der Waals surface area contributed by atoms with Crippen molar-refractivity contribution in [3.8, 4) is 12.3 Å². The van der Waals surface area contributed by atoms with Crippen LogP contribution in [0.1, 0.15) is 90.4 Å². The van der Waals surface area contributed by atoms with Crippen LogP contribution >= 0.6 is 0 Å². The third kappa shape index (κ3) is 17.2. The van der Waals surface area contributed by atoms with E-state index in [1.54, 1.807) is 0 Å². The van der Waals surface area contributed by atoms with E-state index in [2.05, 4.69) is 23.5 Å². The van der Waals surface area contributed by atoms with Gasteiger partial charge in [0.05, 0.1) is 19.3 Å². The molecule has 0 aliphatic rings. The molecule has 11 heteroatoms. The van der Waals surface area contributed by atoms with Crippen LogP contribution in [0.5, 0.6) is 0 Å². The van der Waals surface area contributed by atoms with Crippen LogP contribution in [0.4, 0.5) is 0 Å². The monoisotopic (exact) mass is 557 g/mol. The molecule has 39 heavy (non-hydrogen) atoms. The van der Waals surface area contributed by atoms with Gasteiger partial charge in [0.2, 0.25) is 17.7 Å². The highest BCUT2D eigenvalue weighted by Gasteiger charge is 2.30. The fraction of sp³-hybridized carbons (Fsp3) is 0.821. The summed E-state index contributed by atoms with van der Waals surface area (Å²) in [7, 11) is 1.51. The highest BCUT2D eigenvalue weighted by molar-refractivity contribution is 5.88. The van der Waals surface area contributed by atoms with E-state index in [1.807, 2.05) is 0 Å². The van der Waals surface area contributed by atoms with E-state index in [9.17, 15) is 34.8 Å². The molecule has 3 amide bonds. The van der Waals surface area contributed by atoms with Crippen molar-refractivity contribution in [1.82, 2.24) is 15.5 Å². The fourth-order valence-corrected chi connectivity index (χ4v) is 4.04. The zero-order chi connectivity index (χ0) is 29.6. The lowest BCUT2D eigenvalue weighted by Crippen LogP contribution is -2.50. The normalized spacial score (nSPS) is 14.9. The second kappa shape index (κ2) is 22.6. The van der Waals surface area contributed by atoms with E-state index in [-0.39, 0.29) is 31.7 Å². The molecule has 0 aliphatic carbocycles. The summed E-state index contributed by atoms with van der Waals surface area (Å²) in [5.74, 6) is 1.11. The second-order valence-electron chi connectivity index (χ2n) is 10.1. The topological polar surface area (TPSA) is 180 Å². The minimum Gasteiger partial charge on any atom is -0.394 e. The molecule has 7 N–H and O–H groups in total. The van der Waals surface area contributed by atoms with Crippen molar-refractivity contribution in [2.45, 2.75) is 121 Å². The zero-order valence-corrected chi connectivity index (χ0v) is 23.7. The van der Waals surface area contributed by atoms with Gasteiger partial charge in [-0.1, -0.05) is 70.6 Å². The smallest absolute Gasteiger partial charge is 0.245 e. The van der Waals surface area contributed by atoms with Gasteiger partial charge in [-0.2, -0.15) is 0 Å². The Hall–Kier alpha value is -2.23. The maximum atomic E-state index is 12.8. The van der Waals surface area contributed by atoms with Crippen LogP contribution < -0.4 is 10.6 Å². The number of amides is 3. The summed E-state index contributed by atoms with van der Waals surface area (Å²) in [5, 5.41) is 52.7. The Morgan fingerprint density at radius 3 is 1.90 bits per heavy atom. The van der Waals surface area contributed by atoms with Gasteiger partial charge in [-0.25, -0.2) is 0 Å². The van der Waals surface area contributed by atoms with Crippen LogP contribution in [-0.4, -0.2) is 105 Å². The highest BCUT2D eigenvalue weighted by atomic mass is 16.4. The number of hydrogen-bond acceptors (Lipinski definition) is 8. The molecule has 226 valence electrons. The lowest BCUT2D eigenvalue weighted by atomic mass is 10.0. The maximum absolute atomic E-state index is 12.8. The van der Waals surface area contributed by atoms with Gasteiger partial charge >= 0.3 is 0 Å². The Labute approximate surface area is 233 Å². The van der Waals surface area contributed by atoms with Gasteiger partial charge in [0.25, 0.3) is 0 Å². The minimum absolute atomic E-state index is 0.00610. The Morgan fingerprint density at radius 2 is 1.36 bits per heavy atom. The van der Waals surface area contributed by atoms with Gasteiger partial charge in [0, 0.05) is 26.4 Å². The summed E-state index contributed by atoms with van der Waals surface area (Å²) in [6, 6.07) is -0.957. The van der Waals surface area contributed by atoms with Gasteiger partial charge in [-0.15, -0.1) is 6.42 Å². The lowest BCUT2D eigenvalue weighted by Gasteiger charge is -2.26. The quantitative estimate of drug-likeness (QED) is 0.0688. The number of nitrogens with zero attached hydrogens (tertiary/aromatic N) is 1. The SMILES string of the molecule is C#CCN(C)C(=O)[C@@H](CCC(=O)NCC(O)C(O)C(O)C(O)CO)NC(=O)CCCCCCCCCCCC. The highest BCUT2D eigenvalue weighted by Crippen LogP contribution is 2.12. The van der Waals surface area contributed by atoms with E-state index in [0.717, 1.165) is 19.3 Å². The van der Waals surface area contributed by atoms with E-state index >= 15 is 0 Å². The summed E-state index contributed by atoms with van der Waals surface area (Å²) < 4.78 is 0. The van der Waals surface area contributed by atoms with Crippen LogP contribution in [0.25, 0.3) is 0 Å². The molecule has 11 nitrogen and oxygen atoms in total. The van der Waals surface area contributed by atoms with Crippen LogP contribution in [0, 0.1) is 12.3 Å². The molecule has 5 atom stereocenters. The number of hydrogen-bond donors (Lipinski definition) is 7. The molecule has 4 unspecified atom stereocenters. The van der Waals surface area contributed by atoms with Gasteiger partial charge in [-0.3, -0.25) is 14.4 Å². The number of aliphatic hydroxyl groups is 5. The molecule has 0 spiro atoms. The van der Waals surface area contributed by atoms with Crippen molar-refractivity contribution >= 4 is 17.7 Å². The molecule has 0 radical (unpaired) electrons. The number of aliphatic hydroxyl groups excluding tert-OH is 5. The first-order valence-electron chi connectivity index (χ1n) is 14.2. The first kappa shape index (κ1) is 36.8. The number of rotatable bonds is 23. The van der Waals surface area contributed by atoms with Crippen molar-refractivity contribution in [3.63, 3.8) is 0 Å². The Balaban J connectivity index is 4.59. The molecule has 0 aromatic rings. The van der Waals surface area contributed by atoms with Crippen molar-refractivity contribution in [3.05, 3.63) is 0 Å². The first-order chi connectivity index (χ1) is 18.6. The number of likely N-dealkylation sites (N-methyl/N-ethyl adjacent to an activating group) is 1. The van der Waals surface area contributed by atoms with Gasteiger partial charge < -0.3 is 41.1 Å². The number of nitrogens with one attached hydrogen (secondary N) is 2. The predicted octanol–water partition coefficient (Wildman–Crippen LogP) is 0.206. The van der Waals surface area contributed by atoms with E-state index in [4.69, 9.17) is 11.5 Å². The summed E-state index contributed by atoms with van der Waals surface area (Å²) >= 11 is 0.